The number of thioether (sulfide) groups is 1. The molecule has 5 nitrogen and oxygen atoms in total. The number of nitrogens with zero attached hydrogens (tertiary/aromatic N) is 4. The first-order valence-corrected chi connectivity index (χ1v) is 10.8. The molecule has 1 saturated heterocycles. The van der Waals surface area contributed by atoms with Gasteiger partial charge in [-0.25, -0.2) is 0 Å². The van der Waals surface area contributed by atoms with Crippen LogP contribution in [0, 0.1) is 0 Å². The first-order valence-electron chi connectivity index (χ1n) is 9.80. The molecule has 1 aromatic heterocycles. The zero-order valence-electron chi connectivity index (χ0n) is 15.8. The van der Waals surface area contributed by atoms with Gasteiger partial charge in [0.05, 0.1) is 0 Å². The lowest BCUT2D eigenvalue weighted by molar-refractivity contribution is -0.130. The second-order valence-electron chi connectivity index (χ2n) is 6.88. The molecule has 0 bridgehead atoms. The molecule has 0 radical (unpaired) electrons. The van der Waals surface area contributed by atoms with Crippen LogP contribution in [0.5, 0.6) is 0 Å². The van der Waals surface area contributed by atoms with E-state index >= 15 is 0 Å². The standard InChI is InChI=1S/C22H24N4OS/c27-20(25-15-7-8-16-25)14-9-17-28-22-24-23-21(18-10-3-1-4-11-18)26(22)19-12-5-2-6-13-19/h1-6,10-13H,7-9,14-17H2. The van der Waals surface area contributed by atoms with Crippen LogP contribution in [0.4, 0.5) is 0 Å². The number of hydrogen-bond donors (Lipinski definition) is 0. The molecule has 1 fully saturated rings. The molecule has 0 spiro atoms. The van der Waals surface area contributed by atoms with Gasteiger partial charge in [-0.15, -0.1) is 10.2 Å². The summed E-state index contributed by atoms with van der Waals surface area (Å²) in [5, 5.41) is 9.76. The van der Waals surface area contributed by atoms with Gasteiger partial charge in [0.25, 0.3) is 0 Å². The Labute approximate surface area is 169 Å². The normalized spacial score (nSPS) is 13.8. The van der Waals surface area contributed by atoms with Gasteiger partial charge in [-0.3, -0.25) is 9.36 Å². The number of benzene rings is 2. The van der Waals surface area contributed by atoms with Crippen LogP contribution in [0.15, 0.2) is 65.8 Å². The van der Waals surface area contributed by atoms with Crippen LogP contribution >= 0.6 is 11.8 Å². The maximum absolute atomic E-state index is 12.2. The first-order chi connectivity index (χ1) is 13.8. The van der Waals surface area contributed by atoms with Crippen LogP contribution in [-0.2, 0) is 4.79 Å². The third kappa shape index (κ3) is 4.28. The van der Waals surface area contributed by atoms with E-state index in [1.54, 1.807) is 11.8 Å². The molecular formula is C22H24N4OS. The fraction of sp³-hybridized carbons (Fsp3) is 0.318. The molecule has 144 valence electrons. The Bertz CT molecular complexity index is 905. The third-order valence-electron chi connectivity index (χ3n) is 4.90. The second-order valence-corrected chi connectivity index (χ2v) is 7.95. The summed E-state index contributed by atoms with van der Waals surface area (Å²) in [4.78, 5) is 14.2. The summed E-state index contributed by atoms with van der Waals surface area (Å²) in [6, 6.07) is 20.3. The Hall–Kier alpha value is -2.60. The Balaban J connectivity index is 1.48. The molecule has 1 aliphatic heterocycles. The van der Waals surface area contributed by atoms with Crippen molar-refractivity contribution in [3.05, 3.63) is 60.7 Å². The van der Waals surface area contributed by atoms with Crippen molar-refractivity contribution >= 4 is 17.7 Å². The molecule has 0 atom stereocenters. The molecule has 2 heterocycles. The number of aromatic nitrogens is 3. The molecule has 3 aromatic rings. The fourth-order valence-corrected chi connectivity index (χ4v) is 4.35. The number of rotatable bonds is 7. The molecule has 0 unspecified atom stereocenters. The minimum atomic E-state index is 0.285. The van der Waals surface area contributed by atoms with E-state index in [9.17, 15) is 4.79 Å². The average Bonchev–Trinajstić information content (AvgIpc) is 3.42. The molecule has 1 amide bonds. The number of likely N-dealkylation sites (tertiary alicyclic amines) is 1. The van der Waals surface area contributed by atoms with E-state index < -0.39 is 0 Å². The summed E-state index contributed by atoms with van der Waals surface area (Å²) in [6.45, 7) is 1.85. The van der Waals surface area contributed by atoms with E-state index in [2.05, 4.69) is 26.9 Å². The van der Waals surface area contributed by atoms with Crippen LogP contribution in [0.25, 0.3) is 17.1 Å². The van der Waals surface area contributed by atoms with Gasteiger partial charge in [-0.1, -0.05) is 60.3 Å². The van der Waals surface area contributed by atoms with E-state index in [4.69, 9.17) is 0 Å². The molecule has 28 heavy (non-hydrogen) atoms. The highest BCUT2D eigenvalue weighted by atomic mass is 32.2. The van der Waals surface area contributed by atoms with Crippen LogP contribution in [0.1, 0.15) is 25.7 Å². The predicted octanol–water partition coefficient (Wildman–Crippen LogP) is 4.43. The highest BCUT2D eigenvalue weighted by Gasteiger charge is 2.18. The fourth-order valence-electron chi connectivity index (χ4n) is 3.46. The Morgan fingerprint density at radius 1 is 0.929 bits per heavy atom. The van der Waals surface area contributed by atoms with Gasteiger partial charge in [0.15, 0.2) is 11.0 Å². The zero-order valence-corrected chi connectivity index (χ0v) is 16.6. The minimum Gasteiger partial charge on any atom is -0.343 e. The van der Waals surface area contributed by atoms with Crippen molar-refractivity contribution < 1.29 is 4.79 Å². The predicted molar refractivity (Wildman–Crippen MR) is 113 cm³/mol. The topological polar surface area (TPSA) is 51.0 Å². The van der Waals surface area contributed by atoms with E-state index in [0.717, 1.165) is 60.3 Å². The van der Waals surface area contributed by atoms with Gasteiger partial charge < -0.3 is 4.90 Å². The number of carbonyl (C=O) groups excluding carboxylic acids is 1. The summed E-state index contributed by atoms with van der Waals surface area (Å²) in [5.41, 5.74) is 2.08. The third-order valence-corrected chi connectivity index (χ3v) is 5.92. The van der Waals surface area contributed by atoms with Crippen molar-refractivity contribution in [1.82, 2.24) is 19.7 Å². The Kier molecular flexibility index (Phi) is 6.07. The molecule has 0 aliphatic carbocycles. The van der Waals surface area contributed by atoms with Gasteiger partial charge in [0.1, 0.15) is 0 Å². The lowest BCUT2D eigenvalue weighted by Gasteiger charge is -2.14. The summed E-state index contributed by atoms with van der Waals surface area (Å²) in [7, 11) is 0. The molecule has 6 heteroatoms. The lowest BCUT2D eigenvalue weighted by Crippen LogP contribution is -2.27. The van der Waals surface area contributed by atoms with E-state index in [1.165, 1.54) is 0 Å². The van der Waals surface area contributed by atoms with Crippen molar-refractivity contribution in [3.8, 4) is 17.1 Å². The van der Waals surface area contributed by atoms with Crippen molar-refractivity contribution in [2.45, 2.75) is 30.8 Å². The highest BCUT2D eigenvalue weighted by Crippen LogP contribution is 2.28. The summed E-state index contributed by atoms with van der Waals surface area (Å²) < 4.78 is 2.10. The molecular weight excluding hydrogens is 368 g/mol. The summed E-state index contributed by atoms with van der Waals surface area (Å²) in [5.74, 6) is 1.97. The Morgan fingerprint density at radius 3 is 2.32 bits per heavy atom. The maximum atomic E-state index is 12.2. The molecule has 1 aliphatic rings. The molecule has 4 rings (SSSR count). The lowest BCUT2D eigenvalue weighted by atomic mass is 10.2. The molecule has 0 N–H and O–H groups in total. The van der Waals surface area contributed by atoms with Crippen molar-refractivity contribution in [2.75, 3.05) is 18.8 Å². The first kappa shape index (κ1) is 18.7. The van der Waals surface area contributed by atoms with E-state index in [0.29, 0.717) is 6.42 Å². The van der Waals surface area contributed by atoms with E-state index in [1.807, 2.05) is 53.4 Å². The maximum Gasteiger partial charge on any atom is 0.222 e. The van der Waals surface area contributed by atoms with Gasteiger partial charge in [-0.2, -0.15) is 0 Å². The number of para-hydroxylation sites is 1. The highest BCUT2D eigenvalue weighted by molar-refractivity contribution is 7.99. The van der Waals surface area contributed by atoms with Gasteiger partial charge in [0, 0.05) is 36.5 Å². The average molecular weight is 393 g/mol. The molecule has 0 saturated carbocycles. The van der Waals surface area contributed by atoms with Crippen molar-refractivity contribution in [2.24, 2.45) is 0 Å². The monoisotopic (exact) mass is 392 g/mol. The quantitative estimate of drug-likeness (QED) is 0.441. The largest absolute Gasteiger partial charge is 0.343 e. The Morgan fingerprint density at radius 2 is 1.61 bits per heavy atom. The van der Waals surface area contributed by atoms with Crippen molar-refractivity contribution in [1.29, 1.82) is 0 Å². The summed E-state index contributed by atoms with van der Waals surface area (Å²) in [6.07, 6.45) is 3.74. The number of amides is 1. The molecule has 2 aromatic carbocycles. The number of carbonyl (C=O) groups is 1. The van der Waals surface area contributed by atoms with Gasteiger partial charge >= 0.3 is 0 Å². The SMILES string of the molecule is O=C(CCCSc1nnc(-c2ccccc2)n1-c1ccccc1)N1CCCC1. The second kappa shape index (κ2) is 9.06. The van der Waals surface area contributed by atoms with Gasteiger partial charge in [-0.05, 0) is 31.4 Å². The van der Waals surface area contributed by atoms with Crippen LogP contribution in [-0.4, -0.2) is 44.4 Å². The van der Waals surface area contributed by atoms with Gasteiger partial charge in [0.2, 0.25) is 5.91 Å². The number of hydrogen-bond acceptors (Lipinski definition) is 4. The van der Waals surface area contributed by atoms with Crippen LogP contribution in [0.2, 0.25) is 0 Å². The zero-order chi connectivity index (χ0) is 19.2. The van der Waals surface area contributed by atoms with Crippen LogP contribution in [0.3, 0.4) is 0 Å². The minimum absolute atomic E-state index is 0.285. The van der Waals surface area contributed by atoms with Crippen LogP contribution < -0.4 is 0 Å². The smallest absolute Gasteiger partial charge is 0.222 e. The van der Waals surface area contributed by atoms with E-state index in [-0.39, 0.29) is 5.91 Å². The summed E-state index contributed by atoms with van der Waals surface area (Å²) >= 11 is 1.66. The van der Waals surface area contributed by atoms with Crippen molar-refractivity contribution in [3.63, 3.8) is 0 Å².